The Bertz CT molecular complexity index is 951. The van der Waals surface area contributed by atoms with Gasteiger partial charge in [-0.2, -0.15) is 0 Å². The van der Waals surface area contributed by atoms with E-state index in [1.54, 1.807) is 11.4 Å². The molecule has 0 aliphatic carbocycles. The van der Waals surface area contributed by atoms with Gasteiger partial charge in [-0.1, -0.05) is 36.4 Å². The van der Waals surface area contributed by atoms with Crippen LogP contribution in [0.3, 0.4) is 0 Å². The Morgan fingerprint density at radius 2 is 1.88 bits per heavy atom. The Morgan fingerprint density at radius 1 is 1.12 bits per heavy atom. The first kappa shape index (κ1) is 17.6. The normalized spacial score (nSPS) is 12.5. The monoisotopic (exact) mass is 393 g/mol. The van der Waals surface area contributed by atoms with Gasteiger partial charge < -0.3 is 5.32 Å². The zero-order valence-electron chi connectivity index (χ0n) is 13.2. The molecule has 2 aromatic heterocycles. The van der Waals surface area contributed by atoms with Crippen molar-refractivity contribution in [2.75, 3.05) is 4.72 Å². The number of hydrogen-bond acceptors (Lipinski definition) is 6. The summed E-state index contributed by atoms with van der Waals surface area (Å²) in [5, 5.41) is 6.21. The quantitative estimate of drug-likeness (QED) is 0.671. The maximum absolute atomic E-state index is 12.3. The van der Waals surface area contributed by atoms with Crippen molar-refractivity contribution in [3.05, 3.63) is 64.5 Å². The Kier molecular flexibility index (Phi) is 5.16. The van der Waals surface area contributed by atoms with Gasteiger partial charge in [-0.3, -0.25) is 9.52 Å². The van der Waals surface area contributed by atoms with Crippen LogP contribution in [-0.2, 0) is 10.0 Å². The van der Waals surface area contributed by atoms with Crippen molar-refractivity contribution in [1.29, 1.82) is 0 Å². The lowest BCUT2D eigenvalue weighted by atomic mass is 10.1. The number of thiophene rings is 1. The molecule has 2 heterocycles. The molecule has 9 heteroatoms. The summed E-state index contributed by atoms with van der Waals surface area (Å²) in [6, 6.07) is 12.5. The van der Waals surface area contributed by atoms with Crippen LogP contribution in [0.5, 0.6) is 0 Å². The molecular weight excluding hydrogens is 378 g/mol. The smallest absolute Gasteiger partial charge is 0.273 e. The summed E-state index contributed by atoms with van der Waals surface area (Å²) in [4.78, 5) is 16.4. The van der Waals surface area contributed by atoms with Gasteiger partial charge >= 0.3 is 0 Å². The maximum Gasteiger partial charge on any atom is 0.273 e. The number of thiazole rings is 1. The van der Waals surface area contributed by atoms with Crippen LogP contribution in [0, 0.1) is 0 Å². The highest BCUT2D eigenvalue weighted by Gasteiger charge is 2.19. The highest BCUT2D eigenvalue weighted by molar-refractivity contribution is 7.94. The average Bonchev–Trinajstić information content (AvgIpc) is 3.27. The van der Waals surface area contributed by atoms with Crippen LogP contribution in [0.1, 0.15) is 29.0 Å². The molecule has 130 valence electrons. The number of carbonyl (C=O) groups is 1. The Balaban J connectivity index is 1.68. The van der Waals surface area contributed by atoms with Gasteiger partial charge in [0.05, 0.1) is 6.04 Å². The van der Waals surface area contributed by atoms with E-state index < -0.39 is 10.0 Å². The zero-order valence-corrected chi connectivity index (χ0v) is 15.6. The number of aromatic nitrogens is 1. The Labute approximate surface area is 153 Å². The molecule has 0 saturated carbocycles. The third kappa shape index (κ3) is 4.25. The van der Waals surface area contributed by atoms with E-state index in [2.05, 4.69) is 15.0 Å². The molecule has 0 spiro atoms. The van der Waals surface area contributed by atoms with Gasteiger partial charge in [0.25, 0.3) is 15.9 Å². The number of hydrogen-bond donors (Lipinski definition) is 2. The highest BCUT2D eigenvalue weighted by Crippen LogP contribution is 2.23. The van der Waals surface area contributed by atoms with Crippen molar-refractivity contribution in [3.63, 3.8) is 0 Å². The zero-order chi connectivity index (χ0) is 17.9. The first-order valence-corrected chi connectivity index (χ1v) is 10.6. The molecule has 1 atom stereocenters. The average molecular weight is 394 g/mol. The van der Waals surface area contributed by atoms with Crippen LogP contribution in [-0.4, -0.2) is 19.3 Å². The number of sulfonamides is 1. The van der Waals surface area contributed by atoms with Gasteiger partial charge in [0.15, 0.2) is 5.13 Å². The Morgan fingerprint density at radius 3 is 2.56 bits per heavy atom. The largest absolute Gasteiger partial charge is 0.344 e. The van der Waals surface area contributed by atoms with E-state index in [-0.39, 0.29) is 27.0 Å². The standard InChI is InChI=1S/C16H15N3O3S3/c1-11(12-6-3-2-4-7-12)17-15(20)13-10-24-16(18-13)19-25(21,22)14-8-5-9-23-14/h2-11H,1H3,(H,17,20)(H,18,19)/t11-/m0/s1. The molecular formula is C16H15N3O3S3. The lowest BCUT2D eigenvalue weighted by Crippen LogP contribution is -2.26. The molecule has 2 N–H and O–H groups in total. The number of nitrogens with one attached hydrogen (secondary N) is 2. The molecule has 0 saturated heterocycles. The summed E-state index contributed by atoms with van der Waals surface area (Å²) < 4.78 is 26.9. The van der Waals surface area contributed by atoms with Crippen LogP contribution in [0.25, 0.3) is 0 Å². The van der Waals surface area contributed by atoms with Crippen LogP contribution in [0.2, 0.25) is 0 Å². The fourth-order valence-corrected chi connectivity index (χ4v) is 5.04. The van der Waals surface area contributed by atoms with Gasteiger partial charge in [0, 0.05) is 5.38 Å². The van der Waals surface area contributed by atoms with Crippen molar-refractivity contribution in [3.8, 4) is 0 Å². The van der Waals surface area contributed by atoms with Crippen molar-refractivity contribution >= 4 is 43.7 Å². The van der Waals surface area contributed by atoms with Crippen molar-refractivity contribution in [2.45, 2.75) is 17.2 Å². The highest BCUT2D eigenvalue weighted by atomic mass is 32.2. The minimum atomic E-state index is -3.66. The SMILES string of the molecule is C[C@H](NC(=O)c1csc(NS(=O)(=O)c2cccs2)n1)c1ccccc1. The summed E-state index contributed by atoms with van der Waals surface area (Å²) in [5.74, 6) is -0.353. The number of benzene rings is 1. The van der Waals surface area contributed by atoms with Gasteiger partial charge in [-0.25, -0.2) is 13.4 Å². The van der Waals surface area contributed by atoms with E-state index in [9.17, 15) is 13.2 Å². The summed E-state index contributed by atoms with van der Waals surface area (Å²) in [7, 11) is -3.66. The van der Waals surface area contributed by atoms with Crippen LogP contribution in [0.4, 0.5) is 5.13 Å². The molecule has 0 aliphatic rings. The predicted molar refractivity (Wildman–Crippen MR) is 99.6 cm³/mol. The van der Waals surface area contributed by atoms with Gasteiger partial charge in [-0.05, 0) is 23.9 Å². The number of carbonyl (C=O) groups excluding carboxylic acids is 1. The van der Waals surface area contributed by atoms with Gasteiger partial charge in [-0.15, -0.1) is 22.7 Å². The van der Waals surface area contributed by atoms with Crippen LogP contribution >= 0.6 is 22.7 Å². The van der Waals surface area contributed by atoms with Crippen molar-refractivity contribution < 1.29 is 13.2 Å². The summed E-state index contributed by atoms with van der Waals surface area (Å²) in [5.41, 5.74) is 1.15. The number of rotatable bonds is 6. The summed E-state index contributed by atoms with van der Waals surface area (Å²) in [6.45, 7) is 1.88. The van der Waals surface area contributed by atoms with Crippen LogP contribution < -0.4 is 10.0 Å². The second-order valence-electron chi connectivity index (χ2n) is 5.18. The second-order valence-corrected chi connectivity index (χ2v) is 8.90. The van der Waals surface area contributed by atoms with E-state index in [1.165, 1.54) is 11.4 Å². The van der Waals surface area contributed by atoms with E-state index in [0.29, 0.717) is 0 Å². The third-order valence-electron chi connectivity index (χ3n) is 3.37. The summed E-state index contributed by atoms with van der Waals surface area (Å²) >= 11 is 2.18. The lowest BCUT2D eigenvalue weighted by molar-refractivity contribution is 0.0935. The molecule has 6 nitrogen and oxygen atoms in total. The second kappa shape index (κ2) is 7.34. The molecule has 0 unspecified atom stereocenters. The van der Waals surface area contributed by atoms with Crippen LogP contribution in [0.15, 0.2) is 57.4 Å². The van der Waals surface area contributed by atoms with E-state index in [1.807, 2.05) is 37.3 Å². The lowest BCUT2D eigenvalue weighted by Gasteiger charge is -2.13. The fourth-order valence-electron chi connectivity index (χ4n) is 2.10. The topological polar surface area (TPSA) is 88.2 Å². The van der Waals surface area contributed by atoms with E-state index in [0.717, 1.165) is 28.2 Å². The third-order valence-corrected chi connectivity index (χ3v) is 6.99. The fraction of sp³-hybridized carbons (Fsp3) is 0.125. The molecule has 1 amide bonds. The van der Waals surface area contributed by atoms with Gasteiger partial charge in [0.1, 0.15) is 9.90 Å². The molecule has 0 radical (unpaired) electrons. The molecule has 0 fully saturated rings. The number of anilines is 1. The maximum atomic E-state index is 12.3. The minimum absolute atomic E-state index is 0.158. The molecule has 3 rings (SSSR count). The van der Waals surface area contributed by atoms with Crippen molar-refractivity contribution in [1.82, 2.24) is 10.3 Å². The molecule has 0 aliphatic heterocycles. The molecule has 1 aromatic carbocycles. The van der Waals surface area contributed by atoms with E-state index in [4.69, 9.17) is 0 Å². The molecule has 25 heavy (non-hydrogen) atoms. The minimum Gasteiger partial charge on any atom is -0.344 e. The molecule has 0 bridgehead atoms. The first-order valence-electron chi connectivity index (χ1n) is 7.33. The Hall–Kier alpha value is -2.23. The summed E-state index contributed by atoms with van der Waals surface area (Å²) in [6.07, 6.45) is 0. The predicted octanol–water partition coefficient (Wildman–Crippen LogP) is 3.50. The first-order chi connectivity index (χ1) is 12.0. The van der Waals surface area contributed by atoms with Crippen molar-refractivity contribution in [2.24, 2.45) is 0 Å². The molecule has 3 aromatic rings. The number of nitrogens with zero attached hydrogens (tertiary/aromatic N) is 1. The number of amides is 1. The van der Waals surface area contributed by atoms with E-state index >= 15 is 0 Å². The van der Waals surface area contributed by atoms with Gasteiger partial charge in [0.2, 0.25) is 0 Å².